The predicted molar refractivity (Wildman–Crippen MR) is 60.9 cm³/mol. The molecule has 88 valence electrons. The fourth-order valence-electron chi connectivity index (χ4n) is 2.61. The van der Waals surface area contributed by atoms with Gasteiger partial charge in [-0.15, -0.1) is 0 Å². The molecule has 1 N–H and O–H groups in total. The number of nitrogens with zero attached hydrogens (tertiary/aromatic N) is 1. The molecule has 1 aliphatic rings. The molecule has 0 radical (unpaired) electrons. The molecule has 0 unspecified atom stereocenters. The van der Waals surface area contributed by atoms with Crippen molar-refractivity contribution in [2.75, 3.05) is 13.6 Å². The van der Waals surface area contributed by atoms with E-state index in [1.165, 1.54) is 25.7 Å². The first-order valence-electron chi connectivity index (χ1n) is 5.83. The lowest BCUT2D eigenvalue weighted by Gasteiger charge is -2.32. The van der Waals surface area contributed by atoms with Gasteiger partial charge in [0.1, 0.15) is 0 Å². The zero-order valence-electron chi connectivity index (χ0n) is 10.1. The van der Waals surface area contributed by atoms with Crippen molar-refractivity contribution in [2.45, 2.75) is 52.0 Å². The third kappa shape index (κ3) is 4.20. The molecule has 0 amide bonds. The summed E-state index contributed by atoms with van der Waals surface area (Å²) in [5.74, 6) is -0.695. The summed E-state index contributed by atoms with van der Waals surface area (Å²) in [6.07, 6.45) is 5.46. The number of rotatable bonds is 5. The molecule has 0 aromatic carbocycles. The molecule has 1 saturated carbocycles. The van der Waals surface area contributed by atoms with Crippen molar-refractivity contribution in [1.82, 2.24) is 4.90 Å². The molecule has 0 saturated heterocycles. The van der Waals surface area contributed by atoms with Gasteiger partial charge in [0, 0.05) is 12.6 Å². The molecular weight excluding hydrogens is 190 g/mol. The summed E-state index contributed by atoms with van der Waals surface area (Å²) in [5.41, 5.74) is -0.122. The summed E-state index contributed by atoms with van der Waals surface area (Å²) >= 11 is 0. The molecule has 1 aliphatic carbocycles. The van der Waals surface area contributed by atoms with Gasteiger partial charge in [0.25, 0.3) is 0 Å². The summed E-state index contributed by atoms with van der Waals surface area (Å²) in [6.45, 7) is 4.95. The third-order valence-electron chi connectivity index (χ3n) is 3.26. The third-order valence-corrected chi connectivity index (χ3v) is 3.26. The van der Waals surface area contributed by atoms with Gasteiger partial charge in [-0.25, -0.2) is 0 Å². The van der Waals surface area contributed by atoms with E-state index in [1.54, 1.807) is 0 Å². The summed E-state index contributed by atoms with van der Waals surface area (Å²) < 4.78 is 0. The van der Waals surface area contributed by atoms with E-state index in [-0.39, 0.29) is 11.8 Å². The van der Waals surface area contributed by atoms with Crippen LogP contribution in [0.25, 0.3) is 0 Å². The molecule has 0 atom stereocenters. The second-order valence-electron chi connectivity index (χ2n) is 5.59. The summed E-state index contributed by atoms with van der Waals surface area (Å²) in [4.78, 5) is 13.0. The zero-order valence-corrected chi connectivity index (χ0v) is 10.1. The van der Waals surface area contributed by atoms with E-state index in [4.69, 9.17) is 5.11 Å². The molecule has 1 rings (SSSR count). The van der Waals surface area contributed by atoms with Crippen molar-refractivity contribution in [3.8, 4) is 0 Å². The van der Waals surface area contributed by atoms with Crippen LogP contribution in [0.1, 0.15) is 46.0 Å². The Morgan fingerprint density at radius 2 is 1.93 bits per heavy atom. The highest BCUT2D eigenvalue weighted by molar-refractivity contribution is 5.67. The number of carbonyl (C=O) groups is 1. The van der Waals surface area contributed by atoms with Crippen LogP contribution in [0.2, 0.25) is 0 Å². The van der Waals surface area contributed by atoms with Crippen molar-refractivity contribution in [1.29, 1.82) is 0 Å². The first kappa shape index (κ1) is 12.5. The summed E-state index contributed by atoms with van der Waals surface area (Å²) in [6, 6.07) is 0.679. The van der Waals surface area contributed by atoms with Crippen LogP contribution >= 0.6 is 0 Å². The largest absolute Gasteiger partial charge is 0.481 e. The van der Waals surface area contributed by atoms with Crippen molar-refractivity contribution in [2.24, 2.45) is 5.41 Å². The predicted octanol–water partition coefficient (Wildman–Crippen LogP) is 2.36. The van der Waals surface area contributed by atoms with Crippen molar-refractivity contribution in [3.63, 3.8) is 0 Å². The zero-order chi connectivity index (χ0) is 11.5. The van der Waals surface area contributed by atoms with E-state index in [0.29, 0.717) is 6.04 Å². The minimum absolute atomic E-state index is 0.122. The Balaban J connectivity index is 2.41. The highest BCUT2D eigenvalue weighted by Crippen LogP contribution is 2.27. The maximum Gasteiger partial charge on any atom is 0.303 e. The van der Waals surface area contributed by atoms with Gasteiger partial charge in [-0.2, -0.15) is 0 Å². The Hall–Kier alpha value is -0.570. The maximum atomic E-state index is 10.7. The van der Waals surface area contributed by atoms with Gasteiger partial charge in [0.05, 0.1) is 6.42 Å². The van der Waals surface area contributed by atoms with Gasteiger partial charge in [-0.1, -0.05) is 26.7 Å². The molecular formula is C12H23NO2. The second kappa shape index (κ2) is 4.97. The van der Waals surface area contributed by atoms with E-state index in [2.05, 4.69) is 11.9 Å². The number of carboxylic acids is 1. The van der Waals surface area contributed by atoms with Crippen LogP contribution in [0.15, 0.2) is 0 Å². The minimum Gasteiger partial charge on any atom is -0.481 e. The lowest BCUT2D eigenvalue weighted by atomic mass is 9.88. The van der Waals surface area contributed by atoms with Crippen LogP contribution in [0.3, 0.4) is 0 Å². The molecule has 15 heavy (non-hydrogen) atoms. The molecule has 3 nitrogen and oxygen atoms in total. The second-order valence-corrected chi connectivity index (χ2v) is 5.59. The fourth-order valence-corrected chi connectivity index (χ4v) is 2.61. The normalized spacial score (nSPS) is 18.7. The molecule has 3 heteroatoms. The van der Waals surface area contributed by atoms with Crippen LogP contribution in [-0.4, -0.2) is 35.6 Å². The average molecular weight is 213 g/mol. The summed E-state index contributed by atoms with van der Waals surface area (Å²) in [7, 11) is 2.12. The molecule has 0 heterocycles. The van der Waals surface area contributed by atoms with E-state index >= 15 is 0 Å². The number of hydrogen-bond donors (Lipinski definition) is 1. The van der Waals surface area contributed by atoms with Crippen LogP contribution < -0.4 is 0 Å². The first-order chi connectivity index (χ1) is 6.91. The monoisotopic (exact) mass is 213 g/mol. The van der Waals surface area contributed by atoms with E-state index in [9.17, 15) is 4.79 Å². The lowest BCUT2D eigenvalue weighted by molar-refractivity contribution is -0.139. The highest BCUT2D eigenvalue weighted by atomic mass is 16.4. The van der Waals surface area contributed by atoms with Crippen molar-refractivity contribution in [3.05, 3.63) is 0 Å². The number of hydrogen-bond acceptors (Lipinski definition) is 2. The van der Waals surface area contributed by atoms with Gasteiger partial charge >= 0.3 is 5.97 Å². The number of carboxylic acid groups (broad SMARTS) is 1. The highest BCUT2D eigenvalue weighted by Gasteiger charge is 2.27. The van der Waals surface area contributed by atoms with Gasteiger partial charge < -0.3 is 10.0 Å². The Labute approximate surface area is 92.5 Å². The molecule has 0 aromatic rings. The van der Waals surface area contributed by atoms with E-state index < -0.39 is 5.97 Å². The quantitative estimate of drug-likeness (QED) is 0.762. The fraction of sp³-hybridized carbons (Fsp3) is 0.917. The Morgan fingerprint density at radius 3 is 2.40 bits per heavy atom. The van der Waals surface area contributed by atoms with Crippen LogP contribution in [0.5, 0.6) is 0 Å². The molecule has 0 spiro atoms. The Bertz CT molecular complexity index is 220. The van der Waals surface area contributed by atoms with Gasteiger partial charge in [-0.3, -0.25) is 4.79 Å². The SMILES string of the molecule is CN(CC(C)(C)CC(=O)O)C1CCCC1. The van der Waals surface area contributed by atoms with Gasteiger partial charge in [-0.05, 0) is 25.3 Å². The molecule has 0 bridgehead atoms. The minimum atomic E-state index is -0.695. The lowest BCUT2D eigenvalue weighted by Crippen LogP contribution is -2.38. The van der Waals surface area contributed by atoms with E-state index in [0.717, 1.165) is 6.54 Å². The maximum absolute atomic E-state index is 10.7. The van der Waals surface area contributed by atoms with Gasteiger partial charge in [0.2, 0.25) is 0 Å². The topological polar surface area (TPSA) is 40.5 Å². The Kier molecular flexibility index (Phi) is 4.14. The van der Waals surface area contributed by atoms with Crippen molar-refractivity contribution >= 4 is 5.97 Å². The van der Waals surface area contributed by atoms with E-state index in [1.807, 2.05) is 13.8 Å². The molecule has 1 fully saturated rings. The first-order valence-corrected chi connectivity index (χ1v) is 5.83. The van der Waals surface area contributed by atoms with Crippen molar-refractivity contribution < 1.29 is 9.90 Å². The smallest absolute Gasteiger partial charge is 0.303 e. The van der Waals surface area contributed by atoms with Crippen LogP contribution in [0, 0.1) is 5.41 Å². The summed E-state index contributed by atoms with van der Waals surface area (Å²) in [5, 5.41) is 8.81. The van der Waals surface area contributed by atoms with Crippen LogP contribution in [0.4, 0.5) is 0 Å². The molecule has 0 aromatic heterocycles. The van der Waals surface area contributed by atoms with Gasteiger partial charge in [0.15, 0.2) is 0 Å². The Morgan fingerprint density at radius 1 is 1.40 bits per heavy atom. The van der Waals surface area contributed by atoms with Crippen LogP contribution in [-0.2, 0) is 4.79 Å². The average Bonchev–Trinajstić information content (AvgIpc) is 2.50. The standard InChI is InChI=1S/C12H23NO2/c1-12(2,8-11(14)15)9-13(3)10-6-4-5-7-10/h10H,4-9H2,1-3H3,(H,14,15). The number of aliphatic carboxylic acids is 1. The molecule has 0 aliphatic heterocycles.